The molecule has 1 aromatic rings. The third-order valence-electron chi connectivity index (χ3n) is 8.04. The van der Waals surface area contributed by atoms with Crippen LogP contribution < -0.4 is 10.1 Å². The molecule has 2 N–H and O–H groups in total. The Labute approximate surface area is 173 Å². The predicted octanol–water partition coefficient (Wildman–Crippen LogP) is 5.51. The van der Waals surface area contributed by atoms with Crippen molar-refractivity contribution in [2.75, 3.05) is 0 Å². The van der Waals surface area contributed by atoms with Gasteiger partial charge in [-0.25, -0.2) is 0 Å². The maximum atomic E-state index is 5.69. The van der Waals surface area contributed by atoms with Gasteiger partial charge >= 0.3 is 0 Å². The highest BCUT2D eigenvalue weighted by Gasteiger charge is 2.54. The maximum absolute atomic E-state index is 5.69. The van der Waals surface area contributed by atoms with Crippen molar-refractivity contribution in [2.45, 2.75) is 71.1 Å². The van der Waals surface area contributed by atoms with Crippen molar-refractivity contribution in [2.24, 2.45) is 29.1 Å². The number of aryl methyl sites for hydroxylation is 2. The van der Waals surface area contributed by atoms with E-state index in [1.807, 2.05) is 0 Å². The van der Waals surface area contributed by atoms with Crippen LogP contribution in [0.25, 0.3) is 0 Å². The standard InChI is InChI=1S/C23H31NO3S/c1-4-6-17-8-10-21-19-9-7-16-14-22(25-28-27-26-24)15(5-2)13-20(16)18(19)11-12-23(17,21)3/h1,13-14,17-19,21H,5-12,24H2,2-3H3/t17-,18?,19?,21?,23+/m0/s1. The van der Waals surface area contributed by atoms with E-state index in [9.17, 15) is 0 Å². The quantitative estimate of drug-likeness (QED) is 0.224. The molecule has 4 nitrogen and oxygen atoms in total. The first kappa shape index (κ1) is 20.1. The highest BCUT2D eigenvalue weighted by Crippen LogP contribution is 2.63. The lowest BCUT2D eigenvalue weighted by Gasteiger charge is -2.51. The minimum atomic E-state index is 0.442. The summed E-state index contributed by atoms with van der Waals surface area (Å²) in [4.78, 5) is 4.12. The fraction of sp³-hybridized carbons (Fsp3) is 0.652. The van der Waals surface area contributed by atoms with Gasteiger partial charge < -0.3 is 4.18 Å². The van der Waals surface area contributed by atoms with Crippen molar-refractivity contribution in [3.05, 3.63) is 28.8 Å². The van der Waals surface area contributed by atoms with E-state index < -0.39 is 0 Å². The van der Waals surface area contributed by atoms with Crippen molar-refractivity contribution >= 4 is 12.3 Å². The molecule has 0 heterocycles. The van der Waals surface area contributed by atoms with E-state index in [1.54, 1.807) is 5.56 Å². The second kappa shape index (κ2) is 8.28. The van der Waals surface area contributed by atoms with E-state index in [4.69, 9.17) is 16.5 Å². The van der Waals surface area contributed by atoms with Crippen LogP contribution in [0.15, 0.2) is 12.1 Å². The molecule has 0 saturated heterocycles. The molecule has 0 aliphatic heterocycles. The molecule has 2 fully saturated rings. The van der Waals surface area contributed by atoms with Gasteiger partial charge in [0.1, 0.15) is 5.75 Å². The molecule has 3 aliphatic carbocycles. The summed E-state index contributed by atoms with van der Waals surface area (Å²) in [5, 5.41) is 0. The molecule has 0 spiro atoms. The second-order valence-electron chi connectivity index (χ2n) is 8.97. The Hall–Kier alpha value is -1.19. The summed E-state index contributed by atoms with van der Waals surface area (Å²) < 4.78 is 10.3. The van der Waals surface area contributed by atoms with Gasteiger partial charge in [-0.2, -0.15) is 5.90 Å². The van der Waals surface area contributed by atoms with Gasteiger partial charge in [0.15, 0.2) is 0 Å². The average molecular weight is 402 g/mol. The molecule has 0 aromatic heterocycles. The van der Waals surface area contributed by atoms with E-state index >= 15 is 0 Å². The molecule has 152 valence electrons. The molecule has 4 rings (SSSR count). The van der Waals surface area contributed by atoms with Gasteiger partial charge in [-0.3, -0.25) is 0 Å². The summed E-state index contributed by atoms with van der Waals surface area (Å²) in [5.41, 5.74) is 4.66. The number of terminal acetylenes is 1. The van der Waals surface area contributed by atoms with Crippen LogP contribution >= 0.6 is 12.3 Å². The first-order valence-corrected chi connectivity index (χ1v) is 11.2. The number of rotatable bonds is 6. The van der Waals surface area contributed by atoms with Crippen LogP contribution in [-0.4, -0.2) is 0 Å². The van der Waals surface area contributed by atoms with Crippen LogP contribution in [0.5, 0.6) is 5.75 Å². The van der Waals surface area contributed by atoms with Gasteiger partial charge in [0.25, 0.3) is 12.3 Å². The smallest absolute Gasteiger partial charge is 0.260 e. The number of benzene rings is 1. The van der Waals surface area contributed by atoms with E-state index in [0.717, 1.165) is 49.2 Å². The van der Waals surface area contributed by atoms with Crippen LogP contribution in [0, 0.1) is 35.5 Å². The van der Waals surface area contributed by atoms with Gasteiger partial charge in [-0.05, 0) is 96.8 Å². The average Bonchev–Trinajstić information content (AvgIpc) is 3.04. The lowest BCUT2D eigenvalue weighted by Crippen LogP contribution is -2.42. The number of hydrogen-bond donors (Lipinski definition) is 1. The summed E-state index contributed by atoms with van der Waals surface area (Å²) in [6.45, 7) is 4.70. The molecular weight excluding hydrogens is 370 g/mol. The SMILES string of the molecule is C#CC[C@H]1CCC2C3CCc4cc(OSOON)c(CC)cc4C3CC[C@@]21C. The molecule has 1 aromatic carbocycles. The first-order chi connectivity index (χ1) is 13.6. The summed E-state index contributed by atoms with van der Waals surface area (Å²) in [5.74, 6) is 11.7. The third-order valence-corrected chi connectivity index (χ3v) is 8.42. The highest BCUT2D eigenvalue weighted by atomic mass is 32.2. The first-order valence-electron chi connectivity index (χ1n) is 10.6. The molecule has 0 amide bonds. The Kier molecular flexibility index (Phi) is 5.94. The summed E-state index contributed by atoms with van der Waals surface area (Å²) >= 11 is 0.763. The summed E-state index contributed by atoms with van der Waals surface area (Å²) in [6, 6.07) is 4.60. The largest absolute Gasteiger partial charge is 0.398 e. The Morgan fingerprint density at radius 1 is 1.29 bits per heavy atom. The van der Waals surface area contributed by atoms with E-state index in [0.29, 0.717) is 17.3 Å². The van der Waals surface area contributed by atoms with Crippen LogP contribution in [0.4, 0.5) is 0 Å². The van der Waals surface area contributed by atoms with Crippen molar-refractivity contribution in [1.29, 1.82) is 0 Å². The lowest BCUT2D eigenvalue weighted by atomic mass is 9.54. The topological polar surface area (TPSA) is 53.7 Å². The van der Waals surface area contributed by atoms with Crippen molar-refractivity contribution in [3.63, 3.8) is 0 Å². The second-order valence-corrected chi connectivity index (χ2v) is 9.41. The van der Waals surface area contributed by atoms with Gasteiger partial charge in [0.2, 0.25) is 0 Å². The van der Waals surface area contributed by atoms with E-state index in [2.05, 4.69) is 41.2 Å². The van der Waals surface area contributed by atoms with Crippen LogP contribution in [0.3, 0.4) is 0 Å². The van der Waals surface area contributed by atoms with Crippen LogP contribution in [0.1, 0.15) is 75.0 Å². The zero-order valence-corrected chi connectivity index (χ0v) is 17.7. The number of fused-ring (bicyclic) bond motifs is 5. The molecule has 2 saturated carbocycles. The Morgan fingerprint density at radius 2 is 2.14 bits per heavy atom. The number of nitrogens with two attached hydrogens (primary N) is 1. The van der Waals surface area contributed by atoms with Gasteiger partial charge in [-0.1, -0.05) is 19.9 Å². The fourth-order valence-electron chi connectivity index (χ4n) is 6.65. The third kappa shape index (κ3) is 3.35. The predicted molar refractivity (Wildman–Crippen MR) is 112 cm³/mol. The molecule has 3 unspecified atom stereocenters. The Balaban J connectivity index is 1.60. The van der Waals surface area contributed by atoms with Crippen molar-refractivity contribution in [3.8, 4) is 18.1 Å². The molecule has 5 atom stereocenters. The molecule has 28 heavy (non-hydrogen) atoms. The Bertz CT molecular complexity index is 761. The summed E-state index contributed by atoms with van der Waals surface area (Å²) in [6.07, 6.45) is 15.2. The minimum absolute atomic E-state index is 0.442. The Morgan fingerprint density at radius 3 is 2.89 bits per heavy atom. The van der Waals surface area contributed by atoms with Crippen LogP contribution in [0.2, 0.25) is 0 Å². The highest BCUT2D eigenvalue weighted by molar-refractivity contribution is 7.90. The molecule has 0 radical (unpaired) electrons. The van der Waals surface area contributed by atoms with Gasteiger partial charge in [0.05, 0.1) is 0 Å². The number of hydrogen-bond acceptors (Lipinski definition) is 5. The normalized spacial score (nSPS) is 33.5. The van der Waals surface area contributed by atoms with Gasteiger partial charge in [0, 0.05) is 6.42 Å². The zero-order valence-electron chi connectivity index (χ0n) is 16.9. The van der Waals surface area contributed by atoms with Gasteiger partial charge in [-0.15, -0.1) is 21.7 Å². The van der Waals surface area contributed by atoms with Crippen molar-refractivity contribution in [1.82, 2.24) is 0 Å². The molecule has 0 bridgehead atoms. The summed E-state index contributed by atoms with van der Waals surface area (Å²) in [7, 11) is 0. The maximum Gasteiger partial charge on any atom is 0.260 e. The monoisotopic (exact) mass is 401 g/mol. The molecular formula is C23H31NO3S. The minimum Gasteiger partial charge on any atom is -0.398 e. The molecule has 5 heteroatoms. The van der Waals surface area contributed by atoms with Crippen molar-refractivity contribution < 1.29 is 13.5 Å². The lowest BCUT2D eigenvalue weighted by molar-refractivity contribution is -0.199. The molecule has 3 aliphatic rings. The van der Waals surface area contributed by atoms with Crippen LogP contribution in [-0.2, 0) is 22.2 Å². The zero-order chi connectivity index (χ0) is 19.7. The fourth-order valence-corrected chi connectivity index (χ4v) is 6.94. The van der Waals surface area contributed by atoms with E-state index in [-0.39, 0.29) is 0 Å². The van der Waals surface area contributed by atoms with E-state index in [1.165, 1.54) is 43.2 Å².